The van der Waals surface area contributed by atoms with E-state index in [0.717, 1.165) is 28.8 Å². The maximum Gasteiger partial charge on any atom is 0.321 e. The van der Waals surface area contributed by atoms with E-state index in [9.17, 15) is 9.59 Å². The van der Waals surface area contributed by atoms with Gasteiger partial charge in [-0.1, -0.05) is 25.1 Å². The zero-order valence-corrected chi connectivity index (χ0v) is 19.7. The number of amides is 3. The molecule has 1 aliphatic rings. The van der Waals surface area contributed by atoms with Gasteiger partial charge in [-0.25, -0.2) is 4.79 Å². The fourth-order valence-corrected chi connectivity index (χ4v) is 3.69. The Balaban J connectivity index is 2.06. The number of hydrogen-bond donors (Lipinski definition) is 3. The standard InChI is InChI=1S/C25H33N5O2/c1-15(2)28-24(31)23-9-16(3)12-27-17(4)21-8-7-18(11-22(21)23)19-10-20(14-26-13-19)29-25(32)30(5)6/h7-11,13-17,27H,12H2,1-6H3,(H,28,31)(H,29,32). The Kier molecular flexibility index (Phi) is 7.30. The van der Waals surface area contributed by atoms with Crippen molar-refractivity contribution < 1.29 is 9.59 Å². The minimum absolute atomic E-state index is 0.0486. The van der Waals surface area contributed by atoms with Gasteiger partial charge >= 0.3 is 6.03 Å². The quantitative estimate of drug-likeness (QED) is 0.676. The van der Waals surface area contributed by atoms with Crippen LogP contribution >= 0.6 is 0 Å². The van der Waals surface area contributed by atoms with E-state index in [-0.39, 0.29) is 29.9 Å². The first kappa shape index (κ1) is 23.5. The van der Waals surface area contributed by atoms with E-state index in [0.29, 0.717) is 11.3 Å². The second-order valence-electron chi connectivity index (χ2n) is 8.90. The molecule has 7 nitrogen and oxygen atoms in total. The molecule has 2 atom stereocenters. The molecule has 3 amide bonds. The SMILES string of the molecule is CC1C=C(C(=O)NC(C)C)c2cc(-c3cncc(NC(=O)N(C)C)c3)ccc2C(C)NC1. The van der Waals surface area contributed by atoms with E-state index in [1.54, 1.807) is 26.5 Å². The number of urea groups is 1. The molecule has 1 aromatic carbocycles. The second-order valence-corrected chi connectivity index (χ2v) is 8.90. The molecule has 170 valence electrons. The number of anilines is 1. The molecule has 2 unspecified atom stereocenters. The van der Waals surface area contributed by atoms with Crippen LogP contribution in [-0.2, 0) is 4.79 Å². The summed E-state index contributed by atoms with van der Waals surface area (Å²) in [5.74, 6) is 0.151. The highest BCUT2D eigenvalue weighted by atomic mass is 16.2. The molecule has 0 bridgehead atoms. The third kappa shape index (κ3) is 5.53. The molecular weight excluding hydrogens is 402 g/mol. The van der Waals surface area contributed by atoms with Crippen LogP contribution in [0.5, 0.6) is 0 Å². The zero-order chi connectivity index (χ0) is 23.4. The number of nitrogens with zero attached hydrogens (tertiary/aromatic N) is 2. The van der Waals surface area contributed by atoms with Gasteiger partial charge < -0.3 is 20.9 Å². The predicted octanol–water partition coefficient (Wildman–Crippen LogP) is 4.05. The molecule has 0 radical (unpaired) electrons. The fraction of sp³-hybridized carbons (Fsp3) is 0.400. The van der Waals surface area contributed by atoms with Crippen LogP contribution in [0.25, 0.3) is 16.7 Å². The van der Waals surface area contributed by atoms with E-state index in [1.807, 2.05) is 38.1 Å². The molecule has 1 aliphatic heterocycles. The number of hydrogen-bond acceptors (Lipinski definition) is 4. The van der Waals surface area contributed by atoms with Gasteiger partial charge in [-0.3, -0.25) is 9.78 Å². The van der Waals surface area contributed by atoms with Crippen LogP contribution < -0.4 is 16.0 Å². The molecule has 0 saturated heterocycles. The average molecular weight is 436 g/mol. The van der Waals surface area contributed by atoms with Crippen LogP contribution in [0.3, 0.4) is 0 Å². The van der Waals surface area contributed by atoms with Crippen molar-refractivity contribution in [1.82, 2.24) is 20.5 Å². The average Bonchev–Trinajstić information content (AvgIpc) is 2.74. The van der Waals surface area contributed by atoms with Gasteiger partial charge in [0.15, 0.2) is 0 Å². The highest BCUT2D eigenvalue weighted by Crippen LogP contribution is 2.33. The molecule has 3 rings (SSSR count). The first-order valence-electron chi connectivity index (χ1n) is 11.0. The Hall–Kier alpha value is -3.19. The first-order valence-corrected chi connectivity index (χ1v) is 11.0. The van der Waals surface area contributed by atoms with Crippen molar-refractivity contribution in [2.45, 2.75) is 39.8 Å². The molecule has 1 aromatic heterocycles. The molecule has 3 N–H and O–H groups in total. The summed E-state index contributed by atoms with van der Waals surface area (Å²) in [5, 5.41) is 9.43. The molecule has 2 heterocycles. The van der Waals surface area contributed by atoms with Crippen LogP contribution in [-0.4, -0.2) is 48.5 Å². The summed E-state index contributed by atoms with van der Waals surface area (Å²) in [6.07, 6.45) is 5.43. The van der Waals surface area contributed by atoms with Crippen LogP contribution in [0.2, 0.25) is 0 Å². The van der Waals surface area contributed by atoms with E-state index in [4.69, 9.17) is 0 Å². The second kappa shape index (κ2) is 9.96. The fourth-order valence-electron chi connectivity index (χ4n) is 3.69. The predicted molar refractivity (Wildman–Crippen MR) is 129 cm³/mol. The number of nitrogens with one attached hydrogen (secondary N) is 3. The number of carbonyl (C=O) groups is 2. The van der Waals surface area contributed by atoms with Crippen molar-refractivity contribution in [2.75, 3.05) is 26.0 Å². The van der Waals surface area contributed by atoms with Crippen LogP contribution in [0.4, 0.5) is 10.5 Å². The number of fused-ring (bicyclic) bond motifs is 1. The lowest BCUT2D eigenvalue weighted by Gasteiger charge is -2.25. The van der Waals surface area contributed by atoms with Crippen molar-refractivity contribution in [3.05, 3.63) is 53.9 Å². The molecule has 0 saturated carbocycles. The zero-order valence-electron chi connectivity index (χ0n) is 19.7. The lowest BCUT2D eigenvalue weighted by atomic mass is 9.88. The van der Waals surface area contributed by atoms with E-state index < -0.39 is 0 Å². The van der Waals surface area contributed by atoms with Gasteiger partial charge in [0.05, 0.1) is 11.9 Å². The number of rotatable bonds is 4. The lowest BCUT2D eigenvalue weighted by molar-refractivity contribution is -0.116. The monoisotopic (exact) mass is 435 g/mol. The Morgan fingerprint density at radius 2 is 1.88 bits per heavy atom. The van der Waals surface area contributed by atoms with E-state index >= 15 is 0 Å². The third-order valence-corrected chi connectivity index (χ3v) is 5.40. The Bertz CT molecular complexity index is 1030. The topological polar surface area (TPSA) is 86.4 Å². The Morgan fingerprint density at radius 1 is 1.12 bits per heavy atom. The maximum absolute atomic E-state index is 13.1. The van der Waals surface area contributed by atoms with E-state index in [2.05, 4.69) is 40.8 Å². The summed E-state index contributed by atoms with van der Waals surface area (Å²) in [4.78, 5) is 30.9. The lowest BCUT2D eigenvalue weighted by Crippen LogP contribution is -2.33. The van der Waals surface area contributed by atoms with Gasteiger partial charge in [0.2, 0.25) is 0 Å². The molecule has 0 fully saturated rings. The molecular formula is C25H33N5O2. The Morgan fingerprint density at radius 3 is 2.56 bits per heavy atom. The number of benzene rings is 1. The molecule has 0 aliphatic carbocycles. The van der Waals surface area contributed by atoms with Crippen LogP contribution in [0.15, 0.2) is 42.7 Å². The highest BCUT2D eigenvalue weighted by molar-refractivity contribution is 6.20. The number of carbonyl (C=O) groups excluding carboxylic acids is 2. The summed E-state index contributed by atoms with van der Waals surface area (Å²) in [6.45, 7) is 8.96. The highest BCUT2D eigenvalue weighted by Gasteiger charge is 2.23. The summed E-state index contributed by atoms with van der Waals surface area (Å²) in [5.41, 5.74) is 5.10. The van der Waals surface area contributed by atoms with E-state index in [1.165, 1.54) is 4.90 Å². The Labute approximate surface area is 190 Å². The minimum Gasteiger partial charge on any atom is -0.350 e. The molecule has 32 heavy (non-hydrogen) atoms. The maximum atomic E-state index is 13.1. The van der Waals surface area contributed by atoms with Gasteiger partial charge in [0, 0.05) is 50.1 Å². The van der Waals surface area contributed by atoms with Crippen LogP contribution in [0.1, 0.15) is 44.9 Å². The first-order chi connectivity index (χ1) is 15.2. The summed E-state index contributed by atoms with van der Waals surface area (Å²) < 4.78 is 0. The molecule has 2 aromatic rings. The van der Waals surface area contributed by atoms with Crippen molar-refractivity contribution in [2.24, 2.45) is 5.92 Å². The largest absolute Gasteiger partial charge is 0.350 e. The summed E-state index contributed by atoms with van der Waals surface area (Å²) >= 11 is 0. The summed E-state index contributed by atoms with van der Waals surface area (Å²) in [6, 6.07) is 7.99. The number of aromatic nitrogens is 1. The van der Waals surface area contributed by atoms with Gasteiger partial charge in [-0.15, -0.1) is 0 Å². The smallest absolute Gasteiger partial charge is 0.321 e. The van der Waals surface area contributed by atoms with Gasteiger partial charge in [-0.2, -0.15) is 0 Å². The normalized spacial score (nSPS) is 18.2. The van der Waals surface area contributed by atoms with Crippen molar-refractivity contribution in [3.63, 3.8) is 0 Å². The van der Waals surface area contributed by atoms with Gasteiger partial charge in [0.25, 0.3) is 5.91 Å². The van der Waals surface area contributed by atoms with Gasteiger partial charge in [0.1, 0.15) is 0 Å². The van der Waals surface area contributed by atoms with Gasteiger partial charge in [-0.05, 0) is 55.5 Å². The summed E-state index contributed by atoms with van der Waals surface area (Å²) in [7, 11) is 3.38. The van der Waals surface area contributed by atoms with Crippen molar-refractivity contribution >= 4 is 23.2 Å². The van der Waals surface area contributed by atoms with Crippen molar-refractivity contribution in [3.8, 4) is 11.1 Å². The van der Waals surface area contributed by atoms with Crippen LogP contribution in [0, 0.1) is 5.92 Å². The molecule has 7 heteroatoms. The number of pyridine rings is 1. The molecule has 0 spiro atoms. The minimum atomic E-state index is -0.216. The third-order valence-electron chi connectivity index (χ3n) is 5.40. The van der Waals surface area contributed by atoms with Crippen molar-refractivity contribution in [1.29, 1.82) is 0 Å².